The number of carbonyl (C=O) groups is 1. The Bertz CT molecular complexity index is 400. The summed E-state index contributed by atoms with van der Waals surface area (Å²) in [6.07, 6.45) is 11.8. The molecule has 0 aromatic heterocycles. The molecule has 0 bridgehead atoms. The zero-order chi connectivity index (χ0) is 16.0. The van der Waals surface area contributed by atoms with Gasteiger partial charge in [-0.3, -0.25) is 4.79 Å². The van der Waals surface area contributed by atoms with Crippen molar-refractivity contribution >= 4 is 18.6 Å². The van der Waals surface area contributed by atoms with Crippen LogP contribution in [0.5, 0.6) is 5.75 Å². The van der Waals surface area contributed by atoms with Gasteiger partial charge in [-0.05, 0) is 24.1 Å². The third-order valence-electron chi connectivity index (χ3n) is 3.82. The van der Waals surface area contributed by atoms with Gasteiger partial charge < -0.3 is 4.74 Å². The Morgan fingerprint density at radius 3 is 2.00 bits per heavy atom. The molecule has 0 amide bonds. The number of rotatable bonds is 12. The molecule has 0 atom stereocenters. The van der Waals surface area contributed by atoms with Crippen LogP contribution in [-0.2, 0) is 10.5 Å². The van der Waals surface area contributed by atoms with Crippen LogP contribution in [0.4, 0.5) is 0 Å². The standard InChI is InChI=1S/C19H30O2S/c1-2-3-4-5-6-7-8-9-10-11-19(20)21-18-14-12-17(16-22)13-15-18/h12-15,22H,2-11,16H2,1H3. The Morgan fingerprint density at radius 2 is 1.45 bits per heavy atom. The van der Waals surface area contributed by atoms with Crippen LogP contribution in [0.3, 0.4) is 0 Å². The van der Waals surface area contributed by atoms with E-state index in [1.54, 1.807) is 0 Å². The fourth-order valence-corrected chi connectivity index (χ4v) is 2.64. The molecule has 0 heterocycles. The molecule has 3 heteroatoms. The van der Waals surface area contributed by atoms with Gasteiger partial charge >= 0.3 is 5.97 Å². The topological polar surface area (TPSA) is 26.3 Å². The molecular formula is C19H30O2S. The second-order valence-corrected chi connectivity index (χ2v) is 6.17. The first kappa shape index (κ1) is 19.1. The third kappa shape index (κ3) is 9.14. The van der Waals surface area contributed by atoms with E-state index in [4.69, 9.17) is 4.74 Å². The molecule has 0 aliphatic rings. The summed E-state index contributed by atoms with van der Waals surface area (Å²) in [4.78, 5) is 11.7. The molecule has 0 aliphatic heterocycles. The van der Waals surface area contributed by atoms with E-state index in [-0.39, 0.29) is 5.97 Å². The molecule has 0 saturated carbocycles. The minimum absolute atomic E-state index is 0.124. The fraction of sp³-hybridized carbons (Fsp3) is 0.632. The van der Waals surface area contributed by atoms with E-state index >= 15 is 0 Å². The van der Waals surface area contributed by atoms with Gasteiger partial charge in [0.1, 0.15) is 5.75 Å². The second kappa shape index (κ2) is 12.6. The van der Waals surface area contributed by atoms with E-state index < -0.39 is 0 Å². The number of unbranched alkanes of at least 4 members (excludes halogenated alkanes) is 8. The van der Waals surface area contributed by atoms with Crippen LogP contribution in [-0.4, -0.2) is 5.97 Å². The number of esters is 1. The van der Waals surface area contributed by atoms with Crippen LogP contribution in [0.1, 0.15) is 76.7 Å². The maximum atomic E-state index is 11.7. The quantitative estimate of drug-likeness (QED) is 0.223. The van der Waals surface area contributed by atoms with Crippen molar-refractivity contribution in [3.63, 3.8) is 0 Å². The summed E-state index contributed by atoms with van der Waals surface area (Å²) in [6.45, 7) is 2.24. The van der Waals surface area contributed by atoms with Crippen molar-refractivity contribution < 1.29 is 9.53 Å². The summed E-state index contributed by atoms with van der Waals surface area (Å²) in [5.74, 6) is 1.21. The van der Waals surface area contributed by atoms with Crippen LogP contribution in [0, 0.1) is 0 Å². The highest BCUT2D eigenvalue weighted by Gasteiger charge is 2.04. The van der Waals surface area contributed by atoms with Crippen molar-refractivity contribution in [1.29, 1.82) is 0 Å². The number of benzene rings is 1. The Morgan fingerprint density at radius 1 is 0.909 bits per heavy atom. The van der Waals surface area contributed by atoms with Crippen LogP contribution >= 0.6 is 12.6 Å². The molecule has 1 aromatic rings. The van der Waals surface area contributed by atoms with Gasteiger partial charge in [-0.1, -0.05) is 70.4 Å². The maximum Gasteiger partial charge on any atom is 0.311 e. The smallest absolute Gasteiger partial charge is 0.311 e. The predicted molar refractivity (Wildman–Crippen MR) is 96.6 cm³/mol. The van der Waals surface area contributed by atoms with Gasteiger partial charge in [0, 0.05) is 12.2 Å². The van der Waals surface area contributed by atoms with Crippen molar-refractivity contribution in [2.24, 2.45) is 0 Å². The van der Waals surface area contributed by atoms with Gasteiger partial charge in [-0.2, -0.15) is 12.6 Å². The highest BCUT2D eigenvalue weighted by molar-refractivity contribution is 7.79. The molecule has 0 saturated heterocycles. The minimum atomic E-state index is -0.124. The number of hydrogen-bond donors (Lipinski definition) is 1. The van der Waals surface area contributed by atoms with Crippen LogP contribution in [0.25, 0.3) is 0 Å². The molecule has 22 heavy (non-hydrogen) atoms. The summed E-state index contributed by atoms with van der Waals surface area (Å²) in [5, 5.41) is 0. The van der Waals surface area contributed by atoms with Gasteiger partial charge in [-0.25, -0.2) is 0 Å². The van der Waals surface area contributed by atoms with Crippen molar-refractivity contribution in [3.05, 3.63) is 29.8 Å². The summed E-state index contributed by atoms with van der Waals surface area (Å²) < 4.78 is 5.32. The Labute approximate surface area is 141 Å². The molecule has 1 aromatic carbocycles. The Hall–Kier alpha value is -0.960. The van der Waals surface area contributed by atoms with Gasteiger partial charge in [0.05, 0.1) is 0 Å². The third-order valence-corrected chi connectivity index (χ3v) is 4.19. The molecule has 124 valence electrons. The lowest BCUT2D eigenvalue weighted by molar-refractivity contribution is -0.134. The lowest BCUT2D eigenvalue weighted by Gasteiger charge is -2.05. The highest BCUT2D eigenvalue weighted by Crippen LogP contribution is 2.15. The van der Waals surface area contributed by atoms with E-state index in [9.17, 15) is 4.79 Å². The number of ether oxygens (including phenoxy) is 1. The monoisotopic (exact) mass is 322 g/mol. The number of thiol groups is 1. The summed E-state index contributed by atoms with van der Waals surface area (Å²) in [5.41, 5.74) is 1.13. The van der Waals surface area contributed by atoms with Crippen LogP contribution in [0.15, 0.2) is 24.3 Å². The average Bonchev–Trinajstić information content (AvgIpc) is 2.54. The molecule has 0 unspecified atom stereocenters. The van der Waals surface area contributed by atoms with E-state index in [2.05, 4.69) is 19.6 Å². The van der Waals surface area contributed by atoms with Gasteiger partial charge in [0.15, 0.2) is 0 Å². The maximum absolute atomic E-state index is 11.7. The van der Waals surface area contributed by atoms with E-state index in [1.165, 1.54) is 44.9 Å². The molecule has 0 N–H and O–H groups in total. The van der Waals surface area contributed by atoms with Crippen LogP contribution in [0.2, 0.25) is 0 Å². The van der Waals surface area contributed by atoms with Crippen molar-refractivity contribution in [2.45, 2.75) is 76.9 Å². The van der Waals surface area contributed by atoms with Crippen molar-refractivity contribution in [2.75, 3.05) is 0 Å². The lowest BCUT2D eigenvalue weighted by atomic mass is 10.1. The average molecular weight is 323 g/mol. The first-order valence-corrected chi connectivity index (χ1v) is 9.30. The number of hydrogen-bond acceptors (Lipinski definition) is 3. The zero-order valence-corrected chi connectivity index (χ0v) is 14.7. The zero-order valence-electron chi connectivity index (χ0n) is 13.9. The fourth-order valence-electron chi connectivity index (χ4n) is 2.43. The first-order chi connectivity index (χ1) is 10.8. The summed E-state index contributed by atoms with van der Waals surface area (Å²) in [6, 6.07) is 7.54. The molecule has 1 rings (SSSR count). The van der Waals surface area contributed by atoms with Gasteiger partial charge in [0.2, 0.25) is 0 Å². The second-order valence-electron chi connectivity index (χ2n) is 5.85. The number of carbonyl (C=O) groups excluding carboxylic acids is 1. The van der Waals surface area contributed by atoms with Crippen LogP contribution < -0.4 is 4.74 Å². The molecular weight excluding hydrogens is 292 g/mol. The molecule has 0 aliphatic carbocycles. The van der Waals surface area contributed by atoms with Crippen molar-refractivity contribution in [3.8, 4) is 5.75 Å². The molecule has 0 radical (unpaired) electrons. The SMILES string of the molecule is CCCCCCCCCCCC(=O)Oc1ccc(CS)cc1. The van der Waals surface area contributed by atoms with E-state index in [1.807, 2.05) is 24.3 Å². The van der Waals surface area contributed by atoms with E-state index in [0.29, 0.717) is 17.9 Å². The largest absolute Gasteiger partial charge is 0.427 e. The summed E-state index contributed by atoms with van der Waals surface area (Å²) >= 11 is 4.20. The minimum Gasteiger partial charge on any atom is -0.427 e. The Balaban J connectivity index is 2.01. The van der Waals surface area contributed by atoms with Gasteiger partial charge in [-0.15, -0.1) is 0 Å². The molecule has 0 fully saturated rings. The predicted octanol–water partition coefficient (Wildman–Crippen LogP) is 5.94. The first-order valence-electron chi connectivity index (χ1n) is 8.66. The lowest BCUT2D eigenvalue weighted by Crippen LogP contribution is -2.07. The van der Waals surface area contributed by atoms with E-state index in [0.717, 1.165) is 18.4 Å². The van der Waals surface area contributed by atoms with Crippen molar-refractivity contribution in [1.82, 2.24) is 0 Å². The molecule has 2 nitrogen and oxygen atoms in total. The normalized spacial score (nSPS) is 10.6. The molecule has 0 spiro atoms. The Kier molecular flexibility index (Phi) is 10.9. The highest BCUT2D eigenvalue weighted by atomic mass is 32.1. The van der Waals surface area contributed by atoms with Gasteiger partial charge in [0.25, 0.3) is 0 Å². The summed E-state index contributed by atoms with van der Waals surface area (Å²) in [7, 11) is 0.